The molecule has 2 aliphatic heterocycles. The second-order valence-corrected chi connectivity index (χ2v) is 5.38. The molecule has 1 saturated heterocycles. The van der Waals surface area contributed by atoms with E-state index in [1.165, 1.54) is 17.5 Å². The Morgan fingerprint density at radius 3 is 1.93 bits per heavy atom. The third-order valence-corrected chi connectivity index (χ3v) is 4.59. The van der Waals surface area contributed by atoms with Gasteiger partial charge in [-0.25, -0.2) is 9.78 Å². The van der Waals surface area contributed by atoms with Gasteiger partial charge in [-0.15, -0.1) is 0 Å². The molecule has 2 heteroatoms. The van der Waals surface area contributed by atoms with E-state index in [1.54, 1.807) is 0 Å². The topological polar surface area (TPSA) is 18.5 Å². The fourth-order valence-electron chi connectivity index (χ4n) is 3.55. The Kier molecular flexibility index (Phi) is 1.18. The van der Waals surface area contributed by atoms with Crippen LogP contribution in [-0.2, 0) is 21.0 Å². The zero-order valence-electron chi connectivity index (χ0n) is 8.99. The number of hydrogen-bond acceptors (Lipinski definition) is 2. The lowest BCUT2D eigenvalue weighted by Gasteiger charge is -2.49. The maximum atomic E-state index is 5.65. The molecule has 1 aromatic carbocycles. The van der Waals surface area contributed by atoms with Crippen molar-refractivity contribution in [2.45, 2.75) is 31.5 Å². The maximum absolute atomic E-state index is 5.65. The highest BCUT2D eigenvalue weighted by Crippen LogP contribution is 2.69. The molecule has 2 fully saturated rings. The third-order valence-electron chi connectivity index (χ3n) is 4.59. The fraction of sp³-hybridized carbons (Fsp3) is 0.538. The van der Waals surface area contributed by atoms with Gasteiger partial charge in [-0.1, -0.05) is 24.3 Å². The largest absolute Gasteiger partial charge is 0.224 e. The van der Waals surface area contributed by atoms with Crippen molar-refractivity contribution in [2.24, 2.45) is 11.8 Å². The van der Waals surface area contributed by atoms with Gasteiger partial charge in [-0.3, -0.25) is 0 Å². The molecule has 1 saturated carbocycles. The number of benzene rings is 1. The summed E-state index contributed by atoms with van der Waals surface area (Å²) in [5, 5.41) is 0. The van der Waals surface area contributed by atoms with Gasteiger partial charge in [0.15, 0.2) is 0 Å². The van der Waals surface area contributed by atoms with E-state index >= 15 is 0 Å². The zero-order chi connectivity index (χ0) is 10.3. The van der Waals surface area contributed by atoms with Gasteiger partial charge in [0, 0.05) is 11.8 Å². The van der Waals surface area contributed by atoms with Crippen molar-refractivity contribution in [3.05, 3.63) is 35.4 Å². The van der Waals surface area contributed by atoms with Crippen LogP contribution < -0.4 is 0 Å². The van der Waals surface area contributed by atoms with E-state index < -0.39 is 0 Å². The second kappa shape index (κ2) is 2.13. The third kappa shape index (κ3) is 0.734. The second-order valence-electron chi connectivity index (χ2n) is 5.38. The van der Waals surface area contributed by atoms with E-state index in [1.807, 2.05) is 0 Å². The van der Waals surface area contributed by atoms with Crippen molar-refractivity contribution in [3.63, 3.8) is 0 Å². The molecule has 0 N–H and O–H groups in total. The van der Waals surface area contributed by atoms with Gasteiger partial charge in [0.1, 0.15) is 11.2 Å². The first-order chi connectivity index (χ1) is 7.16. The van der Waals surface area contributed by atoms with Gasteiger partial charge in [0.2, 0.25) is 0 Å². The summed E-state index contributed by atoms with van der Waals surface area (Å²) < 4.78 is 0. The van der Waals surface area contributed by atoms with Crippen LogP contribution in [0.3, 0.4) is 0 Å². The predicted octanol–water partition coefficient (Wildman–Crippen LogP) is 2.73. The van der Waals surface area contributed by atoms with Crippen molar-refractivity contribution in [1.82, 2.24) is 0 Å². The molecule has 78 valence electrons. The van der Waals surface area contributed by atoms with Crippen LogP contribution in [0.25, 0.3) is 0 Å². The van der Waals surface area contributed by atoms with E-state index in [4.69, 9.17) is 9.78 Å². The zero-order valence-corrected chi connectivity index (χ0v) is 8.99. The highest BCUT2D eigenvalue weighted by atomic mass is 17.2. The average molecular weight is 202 g/mol. The maximum Gasteiger partial charge on any atom is 0.129 e. The highest BCUT2D eigenvalue weighted by molar-refractivity contribution is 5.44. The summed E-state index contributed by atoms with van der Waals surface area (Å²) in [6, 6.07) is 8.55. The minimum absolute atomic E-state index is 0.195. The SMILES string of the molecule is C[C@]12OO[C@](C)(c3ccccc31)[C@@H]1C[C@@H]12. The van der Waals surface area contributed by atoms with Crippen LogP contribution in [0.4, 0.5) is 0 Å². The molecule has 1 aromatic rings. The lowest BCUT2D eigenvalue weighted by molar-refractivity contribution is -0.459. The summed E-state index contributed by atoms with van der Waals surface area (Å²) in [5.74, 6) is 1.32. The van der Waals surface area contributed by atoms with Crippen LogP contribution in [-0.4, -0.2) is 0 Å². The minimum Gasteiger partial charge on any atom is -0.224 e. The summed E-state index contributed by atoms with van der Waals surface area (Å²) in [6.45, 7) is 4.32. The first-order valence-electron chi connectivity index (χ1n) is 5.63. The van der Waals surface area contributed by atoms with Crippen LogP contribution >= 0.6 is 0 Å². The molecule has 15 heavy (non-hydrogen) atoms. The molecular weight excluding hydrogens is 188 g/mol. The van der Waals surface area contributed by atoms with Crippen LogP contribution in [0, 0.1) is 11.8 Å². The lowest BCUT2D eigenvalue weighted by atomic mass is 9.72. The Morgan fingerprint density at radius 1 is 1.00 bits per heavy atom. The van der Waals surface area contributed by atoms with E-state index in [0.29, 0.717) is 11.8 Å². The molecule has 0 radical (unpaired) electrons. The van der Waals surface area contributed by atoms with Crippen LogP contribution in [0.5, 0.6) is 0 Å². The predicted molar refractivity (Wildman–Crippen MR) is 54.9 cm³/mol. The molecule has 2 heterocycles. The normalized spacial score (nSPS) is 49.7. The van der Waals surface area contributed by atoms with Crippen LogP contribution in [0.15, 0.2) is 24.3 Å². The molecular formula is C13H14O2. The molecule has 5 rings (SSSR count). The number of hydrogen-bond donors (Lipinski definition) is 0. The van der Waals surface area contributed by atoms with E-state index in [0.717, 1.165) is 0 Å². The van der Waals surface area contributed by atoms with Crippen molar-refractivity contribution in [3.8, 4) is 0 Å². The molecule has 0 amide bonds. The van der Waals surface area contributed by atoms with Gasteiger partial charge in [0.05, 0.1) is 0 Å². The quantitative estimate of drug-likeness (QED) is 0.602. The minimum atomic E-state index is -0.195. The molecule has 2 nitrogen and oxygen atoms in total. The Morgan fingerprint density at radius 2 is 1.47 bits per heavy atom. The van der Waals surface area contributed by atoms with Crippen molar-refractivity contribution in [1.29, 1.82) is 0 Å². The van der Waals surface area contributed by atoms with Gasteiger partial charge < -0.3 is 0 Å². The lowest BCUT2D eigenvalue weighted by Crippen LogP contribution is -2.50. The van der Waals surface area contributed by atoms with Crippen molar-refractivity contribution < 1.29 is 9.78 Å². The Labute approximate surface area is 89.1 Å². The molecule has 0 spiro atoms. The van der Waals surface area contributed by atoms with E-state index in [-0.39, 0.29) is 11.2 Å². The van der Waals surface area contributed by atoms with Gasteiger partial charge in [0.25, 0.3) is 0 Å². The molecule has 0 aromatic heterocycles. The Hall–Kier alpha value is -0.860. The molecule has 2 bridgehead atoms. The average Bonchev–Trinajstić information content (AvgIpc) is 3.05. The van der Waals surface area contributed by atoms with Gasteiger partial charge in [-0.05, 0) is 31.4 Å². The monoisotopic (exact) mass is 202 g/mol. The molecule has 4 atom stereocenters. The van der Waals surface area contributed by atoms with Gasteiger partial charge in [-0.2, -0.15) is 0 Å². The molecule has 0 unspecified atom stereocenters. The summed E-state index contributed by atoms with van der Waals surface area (Å²) >= 11 is 0. The summed E-state index contributed by atoms with van der Waals surface area (Å²) in [4.78, 5) is 11.3. The number of fused-ring (bicyclic) bond motifs is 1. The first kappa shape index (κ1) is 8.31. The van der Waals surface area contributed by atoms with E-state index in [9.17, 15) is 0 Å². The molecule has 4 aliphatic rings. The smallest absolute Gasteiger partial charge is 0.129 e. The number of rotatable bonds is 0. The van der Waals surface area contributed by atoms with Gasteiger partial charge >= 0.3 is 0 Å². The van der Waals surface area contributed by atoms with Crippen molar-refractivity contribution >= 4 is 0 Å². The van der Waals surface area contributed by atoms with Crippen LogP contribution in [0.2, 0.25) is 0 Å². The summed E-state index contributed by atoms with van der Waals surface area (Å²) in [6.07, 6.45) is 1.24. The Balaban J connectivity index is 2.07. The highest BCUT2D eigenvalue weighted by Gasteiger charge is 2.70. The fourth-order valence-corrected chi connectivity index (χ4v) is 3.55. The first-order valence-corrected chi connectivity index (χ1v) is 5.63. The van der Waals surface area contributed by atoms with Crippen LogP contribution in [0.1, 0.15) is 31.4 Å². The summed E-state index contributed by atoms with van der Waals surface area (Å²) in [5.41, 5.74) is 2.27. The summed E-state index contributed by atoms with van der Waals surface area (Å²) in [7, 11) is 0. The van der Waals surface area contributed by atoms with Crippen molar-refractivity contribution in [2.75, 3.05) is 0 Å². The standard InChI is InChI=1S/C13H14O2/c1-12-8-5-3-4-6-9(8)13(2,15-14-12)11-7-10(11)12/h3-6,10-11H,7H2,1-2H3/t10-,11+,12-,13+. The van der Waals surface area contributed by atoms with E-state index in [2.05, 4.69) is 38.1 Å². The molecule has 2 aliphatic carbocycles. The Bertz CT molecular complexity index is 415.